The normalized spacial score (nSPS) is 11.8. The molecule has 0 spiro atoms. The smallest absolute Gasteiger partial charge is 0.149 e. The topological polar surface area (TPSA) is 35.6 Å². The molecule has 0 amide bonds. The third-order valence-electron chi connectivity index (χ3n) is 11.8. The number of hydrogen-bond donors (Lipinski definition) is 0. The van der Waals surface area contributed by atoms with Gasteiger partial charge in [0.1, 0.15) is 12.1 Å². The predicted octanol–water partition coefficient (Wildman–Crippen LogP) is 14.0. The SMILES string of the molecule is c1ccc(-c2ccc3c(c2)c2cc(-c4ccc5c(c4)c4cc(-c6ccccc6)ccc4n5-c4ncnc5ccc6ccccc6c45)ccc2n3-c2ccccc2)cc1. The number of aromatic nitrogens is 4. The fraction of sp³-hybridized carbons (Fsp3) is 0. The predicted molar refractivity (Wildman–Crippen MR) is 242 cm³/mol. The highest BCUT2D eigenvalue weighted by Gasteiger charge is 2.20. The van der Waals surface area contributed by atoms with Crippen LogP contribution in [0.15, 0.2) is 207 Å². The molecule has 0 radical (unpaired) electrons. The lowest BCUT2D eigenvalue weighted by Gasteiger charge is -2.12. The van der Waals surface area contributed by atoms with Crippen LogP contribution in [-0.4, -0.2) is 19.1 Å². The van der Waals surface area contributed by atoms with Crippen molar-refractivity contribution >= 4 is 65.3 Å². The van der Waals surface area contributed by atoms with Crippen LogP contribution in [0.1, 0.15) is 0 Å². The minimum atomic E-state index is 0.881. The lowest BCUT2D eigenvalue weighted by Crippen LogP contribution is -2.00. The molecule has 0 atom stereocenters. The summed E-state index contributed by atoms with van der Waals surface area (Å²) >= 11 is 0. The van der Waals surface area contributed by atoms with Crippen molar-refractivity contribution in [2.24, 2.45) is 0 Å². The van der Waals surface area contributed by atoms with Crippen molar-refractivity contribution in [3.63, 3.8) is 0 Å². The van der Waals surface area contributed by atoms with E-state index in [1.165, 1.54) is 65.8 Å². The van der Waals surface area contributed by atoms with Gasteiger partial charge in [-0.25, -0.2) is 9.97 Å². The molecule has 12 aromatic rings. The molecule has 0 saturated carbocycles. The van der Waals surface area contributed by atoms with Gasteiger partial charge in [0.2, 0.25) is 0 Å². The van der Waals surface area contributed by atoms with Crippen molar-refractivity contribution < 1.29 is 0 Å². The molecule has 0 aliphatic rings. The Morgan fingerprint density at radius 2 is 0.759 bits per heavy atom. The molecule has 4 heteroatoms. The van der Waals surface area contributed by atoms with Crippen molar-refractivity contribution in [3.8, 4) is 44.9 Å². The van der Waals surface area contributed by atoms with Crippen LogP contribution in [0.25, 0.3) is 110 Å². The van der Waals surface area contributed by atoms with E-state index in [0.717, 1.165) is 44.4 Å². The van der Waals surface area contributed by atoms with Crippen LogP contribution < -0.4 is 0 Å². The van der Waals surface area contributed by atoms with E-state index in [4.69, 9.17) is 9.97 Å². The standard InChI is InChI=1S/C54H34N4/c1-4-12-35(13-5-1)38-21-26-49-44(30-38)45-32-40(23-27-50(45)57(49)42-17-8-3-9-18-42)41-24-29-52-47(33-41)46-31-39(36-14-6-2-7-15-36)22-28-51(46)58(52)54-53-43-19-11-10-16-37(43)20-25-48(53)55-34-56-54/h1-34H. The second-order valence-corrected chi connectivity index (χ2v) is 15.0. The van der Waals surface area contributed by atoms with Crippen LogP contribution in [0.3, 0.4) is 0 Å². The highest BCUT2D eigenvalue weighted by molar-refractivity contribution is 6.16. The zero-order valence-electron chi connectivity index (χ0n) is 31.4. The van der Waals surface area contributed by atoms with E-state index in [1.54, 1.807) is 6.33 Å². The molecule has 3 heterocycles. The maximum Gasteiger partial charge on any atom is 0.149 e. The molecule has 4 nitrogen and oxygen atoms in total. The van der Waals surface area contributed by atoms with Gasteiger partial charge in [-0.05, 0) is 111 Å². The fourth-order valence-electron chi connectivity index (χ4n) is 9.09. The number of fused-ring (bicyclic) bond motifs is 9. The summed E-state index contributed by atoms with van der Waals surface area (Å²) in [6.45, 7) is 0. The van der Waals surface area contributed by atoms with Crippen molar-refractivity contribution in [2.45, 2.75) is 0 Å². The van der Waals surface area contributed by atoms with Gasteiger partial charge < -0.3 is 4.57 Å². The molecule has 12 rings (SSSR count). The van der Waals surface area contributed by atoms with Gasteiger partial charge in [0.25, 0.3) is 0 Å². The number of rotatable bonds is 5. The second-order valence-electron chi connectivity index (χ2n) is 15.0. The summed E-state index contributed by atoms with van der Waals surface area (Å²) in [5.41, 5.74) is 13.8. The maximum absolute atomic E-state index is 5.03. The van der Waals surface area contributed by atoms with Crippen molar-refractivity contribution in [1.29, 1.82) is 0 Å². The molecular weight excluding hydrogens is 705 g/mol. The van der Waals surface area contributed by atoms with Gasteiger partial charge in [-0.1, -0.05) is 133 Å². The van der Waals surface area contributed by atoms with Crippen LogP contribution in [0, 0.1) is 0 Å². The van der Waals surface area contributed by atoms with Crippen molar-refractivity contribution in [3.05, 3.63) is 207 Å². The van der Waals surface area contributed by atoms with Crippen LogP contribution >= 0.6 is 0 Å². The molecule has 0 aliphatic carbocycles. The van der Waals surface area contributed by atoms with Crippen LogP contribution in [-0.2, 0) is 0 Å². The summed E-state index contributed by atoms with van der Waals surface area (Å²) < 4.78 is 4.72. The Morgan fingerprint density at radius 3 is 1.29 bits per heavy atom. The first-order chi connectivity index (χ1) is 28.8. The Hall–Kier alpha value is -7.82. The molecule has 0 unspecified atom stereocenters. The van der Waals surface area contributed by atoms with Gasteiger partial charge in [0.15, 0.2) is 0 Å². The molecule has 9 aromatic carbocycles. The highest BCUT2D eigenvalue weighted by Crippen LogP contribution is 2.41. The molecule has 0 aliphatic heterocycles. The Kier molecular flexibility index (Phi) is 7.20. The highest BCUT2D eigenvalue weighted by atomic mass is 15.1. The van der Waals surface area contributed by atoms with Gasteiger partial charge in [0, 0.05) is 27.2 Å². The van der Waals surface area contributed by atoms with Crippen LogP contribution in [0.2, 0.25) is 0 Å². The molecule has 0 saturated heterocycles. The molecular formula is C54H34N4. The lowest BCUT2D eigenvalue weighted by molar-refractivity contribution is 1.07. The molecule has 0 fully saturated rings. The minimum Gasteiger partial charge on any atom is -0.309 e. The zero-order chi connectivity index (χ0) is 38.2. The first-order valence-electron chi connectivity index (χ1n) is 19.7. The number of nitrogens with zero attached hydrogens (tertiary/aromatic N) is 4. The van der Waals surface area contributed by atoms with Crippen LogP contribution in [0.5, 0.6) is 0 Å². The first-order valence-corrected chi connectivity index (χ1v) is 19.7. The number of benzene rings is 9. The quantitative estimate of drug-likeness (QED) is 0.165. The van der Waals surface area contributed by atoms with E-state index in [2.05, 4.69) is 209 Å². The Balaban J connectivity index is 1.11. The summed E-state index contributed by atoms with van der Waals surface area (Å²) in [6.07, 6.45) is 1.70. The van der Waals surface area contributed by atoms with Crippen LogP contribution in [0.4, 0.5) is 0 Å². The van der Waals surface area contributed by atoms with Crippen molar-refractivity contribution in [2.75, 3.05) is 0 Å². The van der Waals surface area contributed by atoms with E-state index in [-0.39, 0.29) is 0 Å². The molecule has 0 bridgehead atoms. The molecule has 3 aromatic heterocycles. The third-order valence-corrected chi connectivity index (χ3v) is 11.8. The molecule has 0 N–H and O–H groups in total. The summed E-state index contributed by atoms with van der Waals surface area (Å²) in [6, 6.07) is 72.3. The zero-order valence-corrected chi connectivity index (χ0v) is 31.4. The second kappa shape index (κ2) is 12.9. The fourth-order valence-corrected chi connectivity index (χ4v) is 9.09. The molecule has 270 valence electrons. The molecule has 58 heavy (non-hydrogen) atoms. The summed E-state index contributed by atoms with van der Waals surface area (Å²) in [5, 5.41) is 8.17. The van der Waals surface area contributed by atoms with Gasteiger partial charge in [-0.15, -0.1) is 0 Å². The van der Waals surface area contributed by atoms with E-state index < -0.39 is 0 Å². The minimum absolute atomic E-state index is 0.881. The average molecular weight is 739 g/mol. The van der Waals surface area contributed by atoms with Gasteiger partial charge in [0.05, 0.1) is 33.0 Å². The summed E-state index contributed by atoms with van der Waals surface area (Å²) in [5.74, 6) is 0.881. The number of para-hydroxylation sites is 1. The van der Waals surface area contributed by atoms with Gasteiger partial charge in [-0.3, -0.25) is 4.57 Å². The Bertz CT molecular complexity index is 3550. The van der Waals surface area contributed by atoms with E-state index in [1.807, 2.05) is 0 Å². The summed E-state index contributed by atoms with van der Waals surface area (Å²) in [4.78, 5) is 9.76. The van der Waals surface area contributed by atoms with E-state index in [0.29, 0.717) is 0 Å². The Labute approximate surface area is 334 Å². The van der Waals surface area contributed by atoms with E-state index in [9.17, 15) is 0 Å². The Morgan fingerprint density at radius 1 is 0.310 bits per heavy atom. The number of hydrogen-bond acceptors (Lipinski definition) is 2. The van der Waals surface area contributed by atoms with Gasteiger partial charge in [-0.2, -0.15) is 0 Å². The van der Waals surface area contributed by atoms with E-state index >= 15 is 0 Å². The lowest BCUT2D eigenvalue weighted by atomic mass is 9.98. The maximum atomic E-state index is 5.03. The average Bonchev–Trinajstić information content (AvgIpc) is 3.80. The first kappa shape index (κ1) is 32.4. The monoisotopic (exact) mass is 738 g/mol. The summed E-state index contributed by atoms with van der Waals surface area (Å²) in [7, 11) is 0. The largest absolute Gasteiger partial charge is 0.309 e. The third kappa shape index (κ3) is 5.02. The van der Waals surface area contributed by atoms with Crippen molar-refractivity contribution in [1.82, 2.24) is 19.1 Å². The van der Waals surface area contributed by atoms with Gasteiger partial charge >= 0.3 is 0 Å².